The third-order valence-electron chi connectivity index (χ3n) is 3.38. The molecule has 1 nitrogen and oxygen atoms in total. The van der Waals surface area contributed by atoms with Gasteiger partial charge in [0.1, 0.15) is 5.82 Å². The van der Waals surface area contributed by atoms with E-state index in [1.807, 2.05) is 32.2 Å². The van der Waals surface area contributed by atoms with Crippen LogP contribution in [-0.2, 0) is 6.42 Å². The van der Waals surface area contributed by atoms with Crippen LogP contribution in [-0.4, -0.2) is 7.05 Å². The average Bonchev–Trinajstić information content (AvgIpc) is 2.43. The number of nitrogens with one attached hydrogen (secondary N) is 1. The molecule has 0 fully saturated rings. The molecule has 106 valence electrons. The van der Waals surface area contributed by atoms with Crippen LogP contribution in [0.3, 0.4) is 0 Å². The Balaban J connectivity index is 2.34. The van der Waals surface area contributed by atoms with Gasteiger partial charge in [0.15, 0.2) is 0 Å². The van der Waals surface area contributed by atoms with Crippen LogP contribution in [0, 0.1) is 12.7 Å². The zero-order chi connectivity index (χ0) is 14.7. The van der Waals surface area contributed by atoms with Gasteiger partial charge in [-0.2, -0.15) is 0 Å². The van der Waals surface area contributed by atoms with Crippen LogP contribution < -0.4 is 5.32 Å². The molecule has 4 heteroatoms. The van der Waals surface area contributed by atoms with Gasteiger partial charge in [0.25, 0.3) is 0 Å². The Morgan fingerprint density at radius 1 is 1.20 bits per heavy atom. The molecular weight excluding hydrogens is 296 g/mol. The lowest BCUT2D eigenvalue weighted by Gasteiger charge is -2.19. The van der Waals surface area contributed by atoms with Gasteiger partial charge in [-0.3, -0.25) is 0 Å². The topological polar surface area (TPSA) is 12.0 Å². The van der Waals surface area contributed by atoms with Crippen molar-refractivity contribution < 1.29 is 4.39 Å². The maximum absolute atomic E-state index is 13.3. The predicted octanol–water partition coefficient (Wildman–Crippen LogP) is 4.94. The summed E-state index contributed by atoms with van der Waals surface area (Å²) in [6.07, 6.45) is 0.580. The van der Waals surface area contributed by atoms with E-state index >= 15 is 0 Å². The molecule has 0 bridgehead atoms. The zero-order valence-corrected chi connectivity index (χ0v) is 12.9. The third kappa shape index (κ3) is 3.32. The van der Waals surface area contributed by atoms with Crippen molar-refractivity contribution >= 4 is 23.2 Å². The van der Waals surface area contributed by atoms with Crippen molar-refractivity contribution in [2.75, 3.05) is 7.05 Å². The van der Waals surface area contributed by atoms with E-state index in [9.17, 15) is 4.39 Å². The molecule has 1 unspecified atom stereocenters. The lowest BCUT2D eigenvalue weighted by Crippen LogP contribution is -2.19. The van der Waals surface area contributed by atoms with E-state index in [4.69, 9.17) is 23.2 Å². The number of rotatable bonds is 4. The van der Waals surface area contributed by atoms with Crippen molar-refractivity contribution in [3.63, 3.8) is 0 Å². The molecule has 1 N–H and O–H groups in total. The minimum absolute atomic E-state index is 0.0123. The number of benzene rings is 2. The molecule has 0 heterocycles. The Kier molecular flexibility index (Phi) is 5.03. The van der Waals surface area contributed by atoms with Crippen LogP contribution in [0.25, 0.3) is 0 Å². The molecule has 1 atom stereocenters. The monoisotopic (exact) mass is 311 g/mol. The maximum Gasteiger partial charge on any atom is 0.123 e. The quantitative estimate of drug-likeness (QED) is 0.843. The summed E-state index contributed by atoms with van der Waals surface area (Å²) in [6, 6.07) is 10.3. The molecule has 0 amide bonds. The van der Waals surface area contributed by atoms with E-state index in [2.05, 4.69) is 5.32 Å². The number of hydrogen-bond donors (Lipinski definition) is 1. The summed E-state index contributed by atoms with van der Waals surface area (Å²) < 4.78 is 13.3. The van der Waals surface area contributed by atoms with Crippen LogP contribution in [0.2, 0.25) is 10.0 Å². The highest BCUT2D eigenvalue weighted by atomic mass is 35.5. The Labute approximate surface area is 128 Å². The summed E-state index contributed by atoms with van der Waals surface area (Å²) in [4.78, 5) is 0. The first-order valence-corrected chi connectivity index (χ1v) is 7.14. The molecule has 0 aliphatic carbocycles. The van der Waals surface area contributed by atoms with Crippen molar-refractivity contribution in [2.45, 2.75) is 19.4 Å². The van der Waals surface area contributed by atoms with E-state index < -0.39 is 0 Å². The van der Waals surface area contributed by atoms with Gasteiger partial charge in [0.2, 0.25) is 0 Å². The van der Waals surface area contributed by atoms with Crippen LogP contribution in [0.15, 0.2) is 36.4 Å². The first-order chi connectivity index (χ1) is 9.52. The molecule has 0 saturated heterocycles. The van der Waals surface area contributed by atoms with Gasteiger partial charge in [-0.1, -0.05) is 41.4 Å². The average molecular weight is 312 g/mol. The largest absolute Gasteiger partial charge is 0.313 e. The normalized spacial score (nSPS) is 12.4. The molecular formula is C16H16Cl2FN. The van der Waals surface area contributed by atoms with E-state index in [-0.39, 0.29) is 11.9 Å². The first-order valence-electron chi connectivity index (χ1n) is 6.39. The zero-order valence-electron chi connectivity index (χ0n) is 11.4. The standard InChI is InChI=1S/C16H16Cl2FN/c1-10-4-3-5-13(16(10)18)15(20-2)9-11-8-12(19)6-7-14(11)17/h3-8,15,20H,9H2,1-2H3. The summed E-state index contributed by atoms with van der Waals surface area (Å²) in [5, 5.41) is 4.52. The van der Waals surface area contributed by atoms with E-state index in [0.29, 0.717) is 11.4 Å². The first kappa shape index (κ1) is 15.3. The lowest BCUT2D eigenvalue weighted by atomic mass is 9.97. The van der Waals surface area contributed by atoms with Crippen LogP contribution >= 0.6 is 23.2 Å². The summed E-state index contributed by atoms with van der Waals surface area (Å²) in [7, 11) is 1.86. The second kappa shape index (κ2) is 6.57. The summed E-state index contributed by atoms with van der Waals surface area (Å²) in [5.41, 5.74) is 2.79. The van der Waals surface area contributed by atoms with E-state index in [1.54, 1.807) is 6.07 Å². The second-order valence-electron chi connectivity index (χ2n) is 4.76. The molecule has 2 aromatic rings. The molecule has 0 aliphatic heterocycles. The number of hydrogen-bond acceptors (Lipinski definition) is 1. The Morgan fingerprint density at radius 3 is 2.65 bits per heavy atom. The van der Waals surface area contributed by atoms with Crippen molar-refractivity contribution in [3.8, 4) is 0 Å². The number of halogens is 3. The van der Waals surface area contributed by atoms with Gasteiger partial charge in [-0.05, 0) is 55.3 Å². The summed E-state index contributed by atoms with van der Waals surface area (Å²) in [6.45, 7) is 1.97. The fraction of sp³-hybridized carbons (Fsp3) is 0.250. The molecule has 0 spiro atoms. The fourth-order valence-electron chi connectivity index (χ4n) is 2.23. The smallest absolute Gasteiger partial charge is 0.123 e. The van der Waals surface area contributed by atoms with Gasteiger partial charge in [0, 0.05) is 16.1 Å². The van der Waals surface area contributed by atoms with Crippen molar-refractivity contribution in [3.05, 3.63) is 69.0 Å². The third-order valence-corrected chi connectivity index (χ3v) is 4.26. The molecule has 0 saturated carbocycles. The predicted molar refractivity (Wildman–Crippen MR) is 83.1 cm³/mol. The molecule has 0 radical (unpaired) electrons. The Bertz CT molecular complexity index is 613. The second-order valence-corrected chi connectivity index (χ2v) is 5.54. The van der Waals surface area contributed by atoms with Crippen molar-refractivity contribution in [1.82, 2.24) is 5.32 Å². The summed E-state index contributed by atoms with van der Waals surface area (Å²) >= 11 is 12.5. The van der Waals surface area contributed by atoms with Gasteiger partial charge in [-0.15, -0.1) is 0 Å². The van der Waals surface area contributed by atoms with Gasteiger partial charge < -0.3 is 5.32 Å². The van der Waals surface area contributed by atoms with Gasteiger partial charge in [0.05, 0.1) is 0 Å². The highest BCUT2D eigenvalue weighted by molar-refractivity contribution is 6.32. The highest BCUT2D eigenvalue weighted by Crippen LogP contribution is 2.30. The Hall–Kier alpha value is -1.09. The van der Waals surface area contributed by atoms with Crippen LogP contribution in [0.1, 0.15) is 22.7 Å². The number of likely N-dealkylation sites (N-methyl/N-ethyl adjacent to an activating group) is 1. The molecule has 0 aromatic heterocycles. The molecule has 2 rings (SSSR count). The SMILES string of the molecule is CNC(Cc1cc(F)ccc1Cl)c1cccc(C)c1Cl. The number of aryl methyl sites for hydroxylation is 1. The van der Waals surface area contributed by atoms with Gasteiger partial charge >= 0.3 is 0 Å². The lowest BCUT2D eigenvalue weighted by molar-refractivity contribution is 0.584. The molecule has 0 aliphatic rings. The van der Waals surface area contributed by atoms with Crippen LogP contribution in [0.4, 0.5) is 4.39 Å². The Morgan fingerprint density at radius 2 is 1.95 bits per heavy atom. The van der Waals surface area contributed by atoms with Crippen LogP contribution in [0.5, 0.6) is 0 Å². The molecule has 20 heavy (non-hydrogen) atoms. The summed E-state index contributed by atoms with van der Waals surface area (Å²) in [5.74, 6) is -0.283. The van der Waals surface area contributed by atoms with E-state index in [1.165, 1.54) is 12.1 Å². The molecule has 2 aromatic carbocycles. The minimum Gasteiger partial charge on any atom is -0.313 e. The van der Waals surface area contributed by atoms with Crippen molar-refractivity contribution in [1.29, 1.82) is 0 Å². The van der Waals surface area contributed by atoms with Gasteiger partial charge in [-0.25, -0.2) is 4.39 Å². The van der Waals surface area contributed by atoms with E-state index in [0.717, 1.165) is 21.7 Å². The fourth-order valence-corrected chi connectivity index (χ4v) is 2.68. The highest BCUT2D eigenvalue weighted by Gasteiger charge is 2.16. The minimum atomic E-state index is -0.283. The van der Waals surface area contributed by atoms with Crippen molar-refractivity contribution in [2.24, 2.45) is 0 Å². The maximum atomic E-state index is 13.3.